The Balaban J connectivity index is 3.20. The smallest absolute Gasteiger partial charge is 0.212 e. The van der Waals surface area contributed by atoms with Crippen molar-refractivity contribution in [2.24, 2.45) is 0 Å². The van der Waals surface area contributed by atoms with Crippen LogP contribution in [-0.2, 0) is 9.05 Å². The van der Waals surface area contributed by atoms with Gasteiger partial charge >= 0.3 is 0 Å². The minimum Gasteiger partial charge on any atom is -0.212 e. The van der Waals surface area contributed by atoms with Crippen molar-refractivity contribution in [3.63, 3.8) is 0 Å². The molecule has 50 valence electrons. The van der Waals surface area contributed by atoms with E-state index in [2.05, 4.69) is 0 Å². The Labute approximate surface area is 57.9 Å². The fraction of sp³-hybridized carbons (Fsp3) is 0. The van der Waals surface area contributed by atoms with E-state index in [1.807, 2.05) is 0 Å². The van der Waals surface area contributed by atoms with Crippen molar-refractivity contribution in [2.45, 2.75) is 4.90 Å². The standard InChI is InChI=1S/C5H4ClO2S/c6-9(7,8)5-3-1-2-4-5/h1-4H/q-1. The first kappa shape index (κ1) is 6.71. The maximum Gasteiger partial charge on any atom is 0.237 e. The first-order valence-electron chi connectivity index (χ1n) is 2.27. The molecule has 0 spiro atoms. The third-order valence-electron chi connectivity index (χ3n) is 0.914. The molecule has 0 unspecified atom stereocenters. The summed E-state index contributed by atoms with van der Waals surface area (Å²) in [6.07, 6.45) is 0. The van der Waals surface area contributed by atoms with Gasteiger partial charge in [0.2, 0.25) is 9.05 Å². The molecule has 0 heterocycles. The Morgan fingerprint density at radius 1 is 1.56 bits per heavy atom. The van der Waals surface area contributed by atoms with Crippen LogP contribution in [0, 0.1) is 0 Å². The van der Waals surface area contributed by atoms with E-state index >= 15 is 0 Å². The zero-order valence-electron chi connectivity index (χ0n) is 4.41. The highest BCUT2D eigenvalue weighted by molar-refractivity contribution is 8.13. The maximum absolute atomic E-state index is 10.5. The lowest BCUT2D eigenvalue weighted by molar-refractivity contribution is 0.610. The first-order valence-corrected chi connectivity index (χ1v) is 4.58. The van der Waals surface area contributed by atoms with Crippen molar-refractivity contribution in [1.82, 2.24) is 0 Å². The van der Waals surface area contributed by atoms with Gasteiger partial charge in [-0.25, -0.2) is 14.5 Å². The van der Waals surface area contributed by atoms with Crippen LogP contribution in [-0.4, -0.2) is 8.42 Å². The average Bonchev–Trinajstić information content (AvgIpc) is 2.08. The number of hydrogen-bond acceptors (Lipinski definition) is 2. The maximum atomic E-state index is 10.5. The molecule has 0 saturated carbocycles. The van der Waals surface area contributed by atoms with E-state index in [0.29, 0.717) is 0 Å². The van der Waals surface area contributed by atoms with Crippen LogP contribution in [0.5, 0.6) is 0 Å². The summed E-state index contributed by atoms with van der Waals surface area (Å²) in [6, 6.07) is 6.13. The van der Waals surface area contributed by atoms with Crippen molar-refractivity contribution in [1.29, 1.82) is 0 Å². The SMILES string of the molecule is O=S(=O)(Cl)c1ccc[cH-]1. The highest BCUT2D eigenvalue weighted by atomic mass is 35.7. The molecule has 0 aromatic heterocycles. The van der Waals surface area contributed by atoms with Crippen LogP contribution in [0.4, 0.5) is 0 Å². The Kier molecular flexibility index (Phi) is 1.55. The molecule has 0 atom stereocenters. The molecule has 0 N–H and O–H groups in total. The second kappa shape index (κ2) is 2.08. The Hall–Kier alpha value is -0.410. The second-order valence-corrected chi connectivity index (χ2v) is 4.12. The van der Waals surface area contributed by atoms with E-state index in [1.54, 1.807) is 12.1 Å². The van der Waals surface area contributed by atoms with Crippen LogP contribution in [0.15, 0.2) is 29.2 Å². The molecule has 0 saturated heterocycles. The van der Waals surface area contributed by atoms with Gasteiger partial charge < -0.3 is 0 Å². The van der Waals surface area contributed by atoms with Gasteiger partial charge in [0.15, 0.2) is 0 Å². The van der Waals surface area contributed by atoms with Crippen LogP contribution < -0.4 is 0 Å². The average molecular weight is 164 g/mol. The van der Waals surface area contributed by atoms with E-state index < -0.39 is 9.05 Å². The van der Waals surface area contributed by atoms with Crippen molar-refractivity contribution in [3.8, 4) is 0 Å². The number of rotatable bonds is 1. The predicted molar refractivity (Wildman–Crippen MR) is 35.1 cm³/mol. The van der Waals surface area contributed by atoms with E-state index in [0.717, 1.165) is 0 Å². The molecule has 0 aliphatic heterocycles. The normalized spacial score (nSPS) is 11.7. The predicted octanol–water partition coefficient (Wildman–Crippen LogP) is 1.33. The van der Waals surface area contributed by atoms with Gasteiger partial charge in [-0.2, -0.15) is 18.2 Å². The third-order valence-corrected chi connectivity index (χ3v) is 2.28. The van der Waals surface area contributed by atoms with E-state index in [4.69, 9.17) is 10.7 Å². The van der Waals surface area contributed by atoms with Gasteiger partial charge in [-0.15, -0.1) is 0 Å². The topological polar surface area (TPSA) is 34.1 Å². The molecule has 4 heteroatoms. The Bertz CT molecular complexity index is 272. The van der Waals surface area contributed by atoms with Crippen molar-refractivity contribution < 1.29 is 8.42 Å². The summed E-state index contributed by atoms with van der Waals surface area (Å²) >= 11 is 0. The van der Waals surface area contributed by atoms with Crippen LogP contribution in [0.25, 0.3) is 0 Å². The summed E-state index contributed by atoms with van der Waals surface area (Å²) in [5.41, 5.74) is 0. The van der Waals surface area contributed by atoms with Gasteiger partial charge in [-0.3, -0.25) is 0 Å². The van der Waals surface area contributed by atoms with Gasteiger partial charge in [0.25, 0.3) is 0 Å². The van der Waals surface area contributed by atoms with Crippen molar-refractivity contribution in [2.75, 3.05) is 0 Å². The molecule has 0 radical (unpaired) electrons. The zero-order valence-corrected chi connectivity index (χ0v) is 5.98. The van der Waals surface area contributed by atoms with E-state index in [1.165, 1.54) is 12.1 Å². The monoisotopic (exact) mass is 163 g/mol. The molecular formula is C5H4ClO2S-. The first-order chi connectivity index (χ1) is 4.11. The molecule has 1 rings (SSSR count). The van der Waals surface area contributed by atoms with Crippen LogP contribution >= 0.6 is 10.7 Å². The minimum atomic E-state index is -3.49. The summed E-state index contributed by atoms with van der Waals surface area (Å²) in [7, 11) is 1.48. The Morgan fingerprint density at radius 2 is 2.22 bits per heavy atom. The largest absolute Gasteiger partial charge is 0.237 e. The second-order valence-electron chi connectivity index (χ2n) is 1.56. The Morgan fingerprint density at radius 3 is 2.44 bits per heavy atom. The number of halogens is 1. The van der Waals surface area contributed by atoms with Crippen LogP contribution in [0.1, 0.15) is 0 Å². The van der Waals surface area contributed by atoms with E-state index in [9.17, 15) is 8.42 Å². The highest BCUT2D eigenvalue weighted by Gasteiger charge is 2.00. The summed E-state index contributed by atoms with van der Waals surface area (Å²) < 4.78 is 20.9. The summed E-state index contributed by atoms with van der Waals surface area (Å²) in [5.74, 6) is 0. The molecule has 0 aliphatic carbocycles. The number of hydrogen-bond donors (Lipinski definition) is 0. The van der Waals surface area contributed by atoms with Gasteiger partial charge in [0.05, 0.1) is 0 Å². The fourth-order valence-electron chi connectivity index (χ4n) is 0.519. The van der Waals surface area contributed by atoms with Crippen LogP contribution in [0.2, 0.25) is 0 Å². The van der Waals surface area contributed by atoms with Gasteiger partial charge in [-0.05, 0) is 4.90 Å². The lowest BCUT2D eigenvalue weighted by atomic mass is 10.7. The quantitative estimate of drug-likeness (QED) is 0.463. The third kappa shape index (κ3) is 1.50. The van der Waals surface area contributed by atoms with Gasteiger partial charge in [-0.1, -0.05) is 0 Å². The molecule has 1 aromatic rings. The minimum absolute atomic E-state index is 0.157. The van der Waals surface area contributed by atoms with E-state index in [-0.39, 0.29) is 4.90 Å². The van der Waals surface area contributed by atoms with Crippen molar-refractivity contribution in [3.05, 3.63) is 24.3 Å². The summed E-state index contributed by atoms with van der Waals surface area (Å²) in [6.45, 7) is 0. The van der Waals surface area contributed by atoms with Crippen molar-refractivity contribution >= 4 is 19.7 Å². The van der Waals surface area contributed by atoms with Gasteiger partial charge in [0.1, 0.15) is 0 Å². The molecule has 9 heavy (non-hydrogen) atoms. The molecule has 0 bridgehead atoms. The molecule has 0 amide bonds. The highest BCUT2D eigenvalue weighted by Crippen LogP contribution is 2.13. The molecule has 0 aliphatic rings. The zero-order chi connectivity index (χ0) is 6.91. The molecular weight excluding hydrogens is 160 g/mol. The fourth-order valence-corrected chi connectivity index (χ4v) is 1.31. The lowest BCUT2D eigenvalue weighted by Gasteiger charge is -1.91. The lowest BCUT2D eigenvalue weighted by Crippen LogP contribution is -1.84. The molecule has 2 nitrogen and oxygen atoms in total. The summed E-state index contributed by atoms with van der Waals surface area (Å²) in [4.78, 5) is 0.157. The van der Waals surface area contributed by atoms with Gasteiger partial charge in [0, 0.05) is 10.7 Å². The molecule has 1 aromatic carbocycles. The van der Waals surface area contributed by atoms with Crippen LogP contribution in [0.3, 0.4) is 0 Å². The molecule has 0 fully saturated rings. The summed E-state index contributed by atoms with van der Waals surface area (Å²) in [5, 5.41) is 0.